The Morgan fingerprint density at radius 1 is 1.47 bits per heavy atom. The van der Waals surface area contributed by atoms with Gasteiger partial charge in [0, 0.05) is 18.2 Å². The Labute approximate surface area is 99.5 Å². The summed E-state index contributed by atoms with van der Waals surface area (Å²) in [6.07, 6.45) is 0.584. The molecule has 2 rings (SSSR count). The van der Waals surface area contributed by atoms with Crippen LogP contribution in [0.15, 0.2) is 18.2 Å². The van der Waals surface area contributed by atoms with Gasteiger partial charge in [0.05, 0.1) is 25.9 Å². The van der Waals surface area contributed by atoms with E-state index in [0.717, 1.165) is 6.42 Å². The van der Waals surface area contributed by atoms with E-state index in [1.54, 1.807) is 18.2 Å². The lowest BCUT2D eigenvalue weighted by Gasteiger charge is -2.11. The van der Waals surface area contributed by atoms with Gasteiger partial charge >= 0.3 is 5.97 Å². The van der Waals surface area contributed by atoms with Crippen LogP contribution in [0.25, 0.3) is 0 Å². The molecule has 1 aromatic rings. The molecule has 1 fully saturated rings. The molecule has 5 nitrogen and oxygen atoms in total. The lowest BCUT2D eigenvalue weighted by atomic mass is 10.2. The number of benzene rings is 1. The molecule has 0 amide bonds. The van der Waals surface area contributed by atoms with Gasteiger partial charge in [0.2, 0.25) is 0 Å². The average molecular weight is 237 g/mol. The fourth-order valence-corrected chi connectivity index (χ4v) is 1.68. The molecule has 1 aromatic carbocycles. The molecule has 1 heterocycles. The van der Waals surface area contributed by atoms with E-state index in [0.29, 0.717) is 30.2 Å². The van der Waals surface area contributed by atoms with Crippen LogP contribution in [0.3, 0.4) is 0 Å². The minimum Gasteiger partial charge on any atom is -0.497 e. The van der Waals surface area contributed by atoms with Gasteiger partial charge in [-0.25, -0.2) is 4.79 Å². The second kappa shape index (κ2) is 5.05. The molecule has 92 valence electrons. The van der Waals surface area contributed by atoms with Gasteiger partial charge in [-0.05, 0) is 12.1 Å². The standard InChI is InChI=1S/C12H15NO4/c1-15-11-5-8(4-9(13)6-11)12(14)17-10-2-3-16-7-10/h4-6,10H,2-3,7,13H2,1H3. The summed E-state index contributed by atoms with van der Waals surface area (Å²) < 4.78 is 15.5. The van der Waals surface area contributed by atoms with Crippen LogP contribution in [0, 0.1) is 0 Å². The number of rotatable bonds is 3. The molecule has 0 aliphatic carbocycles. The summed E-state index contributed by atoms with van der Waals surface area (Å²) in [6.45, 7) is 1.10. The van der Waals surface area contributed by atoms with Crippen molar-refractivity contribution in [3.8, 4) is 5.75 Å². The SMILES string of the molecule is COc1cc(N)cc(C(=O)OC2CCOC2)c1. The maximum Gasteiger partial charge on any atom is 0.338 e. The molecule has 0 spiro atoms. The third-order valence-electron chi connectivity index (χ3n) is 2.56. The molecule has 0 bridgehead atoms. The fourth-order valence-electron chi connectivity index (χ4n) is 1.68. The van der Waals surface area contributed by atoms with Crippen molar-refractivity contribution in [2.75, 3.05) is 26.1 Å². The topological polar surface area (TPSA) is 70.8 Å². The van der Waals surface area contributed by atoms with Crippen molar-refractivity contribution >= 4 is 11.7 Å². The molecule has 1 saturated heterocycles. The Morgan fingerprint density at radius 2 is 2.29 bits per heavy atom. The van der Waals surface area contributed by atoms with Crippen molar-refractivity contribution in [1.29, 1.82) is 0 Å². The molecule has 5 heteroatoms. The number of nitrogen functional groups attached to an aromatic ring is 1. The molecule has 2 N–H and O–H groups in total. The number of hydrogen-bond donors (Lipinski definition) is 1. The van der Waals surface area contributed by atoms with Gasteiger partial charge in [0.1, 0.15) is 11.9 Å². The number of methoxy groups -OCH3 is 1. The van der Waals surface area contributed by atoms with Gasteiger partial charge in [-0.15, -0.1) is 0 Å². The Bertz CT molecular complexity index is 413. The van der Waals surface area contributed by atoms with Crippen LogP contribution in [0.2, 0.25) is 0 Å². The van der Waals surface area contributed by atoms with E-state index in [1.165, 1.54) is 7.11 Å². The highest BCUT2D eigenvalue weighted by atomic mass is 16.6. The first-order chi connectivity index (χ1) is 8.19. The molecular weight excluding hydrogens is 222 g/mol. The van der Waals surface area contributed by atoms with Crippen LogP contribution in [0.5, 0.6) is 5.75 Å². The Morgan fingerprint density at radius 3 is 2.94 bits per heavy atom. The maximum atomic E-state index is 11.8. The lowest BCUT2D eigenvalue weighted by Crippen LogP contribution is -2.18. The van der Waals surface area contributed by atoms with Gasteiger partial charge in [-0.2, -0.15) is 0 Å². The van der Waals surface area contributed by atoms with Crippen molar-refractivity contribution in [2.45, 2.75) is 12.5 Å². The van der Waals surface area contributed by atoms with Crippen LogP contribution in [-0.4, -0.2) is 32.4 Å². The normalized spacial score (nSPS) is 19.0. The zero-order valence-electron chi connectivity index (χ0n) is 9.64. The summed E-state index contributed by atoms with van der Waals surface area (Å²) in [5.41, 5.74) is 6.54. The highest BCUT2D eigenvalue weighted by Crippen LogP contribution is 2.20. The molecule has 17 heavy (non-hydrogen) atoms. The maximum absolute atomic E-state index is 11.8. The molecule has 1 aliphatic rings. The molecular formula is C12H15NO4. The van der Waals surface area contributed by atoms with E-state index in [4.69, 9.17) is 19.9 Å². The minimum absolute atomic E-state index is 0.157. The van der Waals surface area contributed by atoms with Crippen molar-refractivity contribution in [1.82, 2.24) is 0 Å². The number of carbonyl (C=O) groups excluding carboxylic acids is 1. The number of anilines is 1. The largest absolute Gasteiger partial charge is 0.497 e. The summed E-state index contributed by atoms with van der Waals surface area (Å²) >= 11 is 0. The van der Waals surface area contributed by atoms with Crippen LogP contribution in [0.4, 0.5) is 5.69 Å². The molecule has 1 atom stereocenters. The average Bonchev–Trinajstić information content (AvgIpc) is 2.81. The molecule has 0 aromatic heterocycles. The molecule has 0 radical (unpaired) electrons. The summed E-state index contributed by atoms with van der Waals surface area (Å²) in [4.78, 5) is 11.8. The quantitative estimate of drug-likeness (QED) is 0.632. The zero-order chi connectivity index (χ0) is 12.3. The van der Waals surface area contributed by atoms with E-state index in [2.05, 4.69) is 0 Å². The predicted molar refractivity (Wildman–Crippen MR) is 62.0 cm³/mol. The van der Waals surface area contributed by atoms with Gasteiger partial charge in [0.15, 0.2) is 0 Å². The summed E-state index contributed by atoms with van der Waals surface area (Å²) in [7, 11) is 1.52. The summed E-state index contributed by atoms with van der Waals surface area (Å²) in [5, 5.41) is 0. The fraction of sp³-hybridized carbons (Fsp3) is 0.417. The zero-order valence-corrected chi connectivity index (χ0v) is 9.64. The van der Waals surface area contributed by atoms with Crippen molar-refractivity contribution < 1.29 is 19.0 Å². The summed E-state index contributed by atoms with van der Waals surface area (Å²) in [5.74, 6) is 0.144. The Balaban J connectivity index is 2.09. The summed E-state index contributed by atoms with van der Waals surface area (Å²) in [6, 6.07) is 4.82. The van der Waals surface area contributed by atoms with Gasteiger partial charge in [0.25, 0.3) is 0 Å². The van der Waals surface area contributed by atoms with Crippen LogP contribution >= 0.6 is 0 Å². The Kier molecular flexibility index (Phi) is 3.49. The first kappa shape index (κ1) is 11.7. The lowest BCUT2D eigenvalue weighted by molar-refractivity contribution is 0.0270. The predicted octanol–water partition coefficient (Wildman–Crippen LogP) is 1.22. The van der Waals surface area contributed by atoms with Crippen LogP contribution < -0.4 is 10.5 Å². The number of ether oxygens (including phenoxy) is 3. The smallest absolute Gasteiger partial charge is 0.338 e. The third kappa shape index (κ3) is 2.88. The van der Waals surface area contributed by atoms with Crippen molar-refractivity contribution in [2.24, 2.45) is 0 Å². The van der Waals surface area contributed by atoms with Gasteiger partial charge in [-0.3, -0.25) is 0 Å². The van der Waals surface area contributed by atoms with E-state index < -0.39 is 5.97 Å². The molecule has 1 unspecified atom stereocenters. The number of carbonyl (C=O) groups is 1. The second-order valence-electron chi connectivity index (χ2n) is 3.89. The second-order valence-corrected chi connectivity index (χ2v) is 3.89. The number of nitrogens with two attached hydrogens (primary N) is 1. The minimum atomic E-state index is -0.397. The van der Waals surface area contributed by atoms with E-state index in [-0.39, 0.29) is 6.10 Å². The molecule has 0 saturated carbocycles. The van der Waals surface area contributed by atoms with Crippen molar-refractivity contribution in [3.05, 3.63) is 23.8 Å². The van der Waals surface area contributed by atoms with E-state index in [1.807, 2.05) is 0 Å². The highest BCUT2D eigenvalue weighted by Gasteiger charge is 2.21. The number of esters is 1. The molecule has 1 aliphatic heterocycles. The number of hydrogen-bond acceptors (Lipinski definition) is 5. The Hall–Kier alpha value is -1.75. The van der Waals surface area contributed by atoms with Gasteiger partial charge in [-0.1, -0.05) is 0 Å². The van der Waals surface area contributed by atoms with Crippen molar-refractivity contribution in [3.63, 3.8) is 0 Å². The monoisotopic (exact) mass is 237 g/mol. The van der Waals surface area contributed by atoms with Crippen LogP contribution in [-0.2, 0) is 9.47 Å². The van der Waals surface area contributed by atoms with E-state index in [9.17, 15) is 4.79 Å². The first-order valence-corrected chi connectivity index (χ1v) is 5.42. The first-order valence-electron chi connectivity index (χ1n) is 5.42. The van der Waals surface area contributed by atoms with Crippen LogP contribution in [0.1, 0.15) is 16.8 Å². The van der Waals surface area contributed by atoms with Gasteiger partial charge < -0.3 is 19.9 Å². The van der Waals surface area contributed by atoms with E-state index >= 15 is 0 Å². The highest BCUT2D eigenvalue weighted by molar-refractivity contribution is 5.91. The third-order valence-corrected chi connectivity index (χ3v) is 2.56.